The number of ether oxygens (including phenoxy) is 1. The molecule has 6 heterocycles. The second-order valence-corrected chi connectivity index (χ2v) is 11.1. The van der Waals surface area contributed by atoms with E-state index < -0.39 is 6.09 Å². The fourth-order valence-corrected chi connectivity index (χ4v) is 6.34. The zero-order valence-corrected chi connectivity index (χ0v) is 22.5. The van der Waals surface area contributed by atoms with Gasteiger partial charge in [-0.05, 0) is 43.9 Å². The molecule has 3 aliphatic rings. The van der Waals surface area contributed by atoms with Crippen molar-refractivity contribution in [2.75, 3.05) is 72.5 Å². The Morgan fingerprint density at radius 2 is 1.79 bits per heavy atom. The molecule has 39 heavy (non-hydrogen) atoms. The Hall–Kier alpha value is -3.71. The second-order valence-electron chi connectivity index (χ2n) is 10.0. The molecule has 206 valence electrons. The van der Waals surface area contributed by atoms with Crippen molar-refractivity contribution >= 4 is 56.1 Å². The van der Waals surface area contributed by atoms with E-state index in [0.29, 0.717) is 55.6 Å². The molecular formula is C26H32N8O4S. The highest BCUT2D eigenvalue weighted by molar-refractivity contribution is 7.22. The minimum Gasteiger partial charge on any atom is -0.465 e. The summed E-state index contributed by atoms with van der Waals surface area (Å²) in [5.41, 5.74) is 1.65. The van der Waals surface area contributed by atoms with Gasteiger partial charge in [0.2, 0.25) is 0 Å². The number of hydrogen-bond donors (Lipinski definition) is 3. The molecule has 2 amide bonds. The van der Waals surface area contributed by atoms with Crippen molar-refractivity contribution in [1.82, 2.24) is 20.3 Å². The fourth-order valence-electron chi connectivity index (χ4n) is 5.34. The van der Waals surface area contributed by atoms with Crippen LogP contribution in [0, 0.1) is 0 Å². The number of nitrogens with one attached hydrogen (secondary N) is 2. The zero-order chi connectivity index (χ0) is 26.8. The highest BCUT2D eigenvalue weighted by Gasteiger charge is 2.26. The third kappa shape index (κ3) is 5.69. The molecule has 0 aliphatic carbocycles. The van der Waals surface area contributed by atoms with Crippen molar-refractivity contribution in [2.24, 2.45) is 0 Å². The van der Waals surface area contributed by atoms with Gasteiger partial charge in [0, 0.05) is 39.3 Å². The summed E-state index contributed by atoms with van der Waals surface area (Å²) in [4.78, 5) is 45.3. The molecule has 12 nitrogen and oxygen atoms in total. The number of piperidine rings is 1. The van der Waals surface area contributed by atoms with Crippen molar-refractivity contribution in [3.8, 4) is 0 Å². The van der Waals surface area contributed by atoms with E-state index in [0.717, 1.165) is 54.7 Å². The molecule has 3 saturated heterocycles. The Balaban J connectivity index is 1.26. The SMILES string of the molecule is O=C(O)N[C@H]1CCN(c2cccc(C(=O)Nc3cc4sc(N5CCOCC5)nc4nc3N3CCCCC3)n2)C1. The summed E-state index contributed by atoms with van der Waals surface area (Å²) in [6.45, 7) is 5.92. The molecule has 3 fully saturated rings. The average Bonchev–Trinajstić information content (AvgIpc) is 3.60. The Morgan fingerprint density at radius 3 is 2.59 bits per heavy atom. The van der Waals surface area contributed by atoms with Gasteiger partial charge in [-0.15, -0.1) is 0 Å². The molecule has 1 atom stereocenters. The first-order valence-corrected chi connectivity index (χ1v) is 14.3. The van der Waals surface area contributed by atoms with Gasteiger partial charge >= 0.3 is 6.09 Å². The number of aromatic nitrogens is 3. The van der Waals surface area contributed by atoms with Crippen LogP contribution in [0.25, 0.3) is 10.3 Å². The van der Waals surface area contributed by atoms with E-state index in [1.165, 1.54) is 6.42 Å². The van der Waals surface area contributed by atoms with Crippen LogP contribution in [0.1, 0.15) is 36.2 Å². The lowest BCUT2D eigenvalue weighted by molar-refractivity contribution is 0.102. The molecular weight excluding hydrogens is 520 g/mol. The lowest BCUT2D eigenvalue weighted by Gasteiger charge is -2.29. The molecule has 0 aromatic carbocycles. The van der Waals surface area contributed by atoms with Crippen LogP contribution < -0.4 is 25.3 Å². The maximum absolute atomic E-state index is 13.5. The standard InChI is InChI=1S/C26H32N8O4S/c35-24(18-5-4-6-21(28-18)34-10-7-17(16-34)27-26(36)37)29-19-15-20-22(30-23(19)32-8-2-1-3-9-32)31-25(39-20)33-11-13-38-14-12-33/h4-6,15,17,27H,1-3,7-14,16H2,(H,29,35)(H,36,37)/t17-/m0/s1. The van der Waals surface area contributed by atoms with E-state index in [-0.39, 0.29) is 11.9 Å². The maximum Gasteiger partial charge on any atom is 0.404 e. The van der Waals surface area contributed by atoms with Crippen molar-refractivity contribution in [1.29, 1.82) is 0 Å². The van der Waals surface area contributed by atoms with E-state index in [1.54, 1.807) is 23.5 Å². The first-order chi connectivity index (χ1) is 19.0. The van der Waals surface area contributed by atoms with Crippen molar-refractivity contribution in [2.45, 2.75) is 31.7 Å². The Morgan fingerprint density at radius 1 is 0.974 bits per heavy atom. The van der Waals surface area contributed by atoms with Gasteiger partial charge < -0.3 is 35.2 Å². The number of carboxylic acid groups (broad SMARTS) is 1. The van der Waals surface area contributed by atoms with Gasteiger partial charge in [0.25, 0.3) is 5.91 Å². The molecule has 13 heteroatoms. The van der Waals surface area contributed by atoms with Crippen molar-refractivity contribution in [3.05, 3.63) is 30.0 Å². The largest absolute Gasteiger partial charge is 0.465 e. The number of amides is 2. The zero-order valence-electron chi connectivity index (χ0n) is 21.6. The summed E-state index contributed by atoms with van der Waals surface area (Å²) in [6, 6.07) is 7.17. The number of rotatable bonds is 6. The molecule has 3 N–H and O–H groups in total. The highest BCUT2D eigenvalue weighted by atomic mass is 32.1. The first kappa shape index (κ1) is 25.6. The van der Waals surface area contributed by atoms with Gasteiger partial charge in [0.1, 0.15) is 11.5 Å². The van der Waals surface area contributed by atoms with E-state index in [9.17, 15) is 9.59 Å². The Labute approximate surface area is 230 Å². The van der Waals surface area contributed by atoms with Gasteiger partial charge in [0.15, 0.2) is 16.6 Å². The van der Waals surface area contributed by atoms with Crippen LogP contribution in [0.15, 0.2) is 24.3 Å². The van der Waals surface area contributed by atoms with Gasteiger partial charge in [-0.1, -0.05) is 17.4 Å². The number of hydrogen-bond acceptors (Lipinski definition) is 10. The van der Waals surface area contributed by atoms with Crippen molar-refractivity contribution < 1.29 is 19.4 Å². The summed E-state index contributed by atoms with van der Waals surface area (Å²) >= 11 is 1.58. The van der Waals surface area contributed by atoms with Crippen LogP contribution in [-0.4, -0.2) is 90.6 Å². The lowest BCUT2D eigenvalue weighted by atomic mass is 10.1. The average molecular weight is 553 g/mol. The van der Waals surface area contributed by atoms with Crippen LogP contribution in [0.2, 0.25) is 0 Å². The minimum absolute atomic E-state index is 0.159. The molecule has 3 aromatic rings. The quantitative estimate of drug-likeness (QED) is 0.419. The van der Waals surface area contributed by atoms with Crippen LogP contribution in [0.4, 0.5) is 27.2 Å². The smallest absolute Gasteiger partial charge is 0.404 e. The highest BCUT2D eigenvalue weighted by Crippen LogP contribution is 2.35. The van der Waals surface area contributed by atoms with E-state index in [2.05, 4.69) is 25.4 Å². The predicted molar refractivity (Wildman–Crippen MR) is 150 cm³/mol. The van der Waals surface area contributed by atoms with E-state index in [4.69, 9.17) is 19.8 Å². The lowest BCUT2D eigenvalue weighted by Crippen LogP contribution is -2.36. The molecule has 0 radical (unpaired) electrons. The number of carbonyl (C=O) groups excluding carboxylic acids is 1. The summed E-state index contributed by atoms with van der Waals surface area (Å²) in [5, 5.41) is 15.6. The first-order valence-electron chi connectivity index (χ1n) is 13.5. The van der Waals surface area contributed by atoms with Crippen LogP contribution in [-0.2, 0) is 4.74 Å². The molecule has 0 bridgehead atoms. The predicted octanol–water partition coefficient (Wildman–Crippen LogP) is 3.01. The van der Waals surface area contributed by atoms with Gasteiger partial charge in [-0.3, -0.25) is 4.79 Å². The topological polar surface area (TPSA) is 136 Å². The Kier molecular flexibility index (Phi) is 7.33. The number of anilines is 4. The monoisotopic (exact) mass is 552 g/mol. The van der Waals surface area contributed by atoms with Gasteiger partial charge in [-0.2, -0.15) is 4.98 Å². The summed E-state index contributed by atoms with van der Waals surface area (Å²) < 4.78 is 6.41. The van der Waals surface area contributed by atoms with E-state index >= 15 is 0 Å². The fraction of sp³-hybridized carbons (Fsp3) is 0.500. The minimum atomic E-state index is -1.03. The summed E-state index contributed by atoms with van der Waals surface area (Å²) in [6.07, 6.45) is 3.02. The number of pyridine rings is 2. The third-order valence-corrected chi connectivity index (χ3v) is 8.40. The second kappa shape index (κ2) is 11.2. The number of nitrogens with zero attached hydrogens (tertiary/aromatic N) is 6. The third-order valence-electron chi connectivity index (χ3n) is 7.34. The molecule has 0 saturated carbocycles. The molecule has 0 unspecified atom stereocenters. The molecule has 0 spiro atoms. The molecule has 3 aromatic heterocycles. The Bertz CT molecular complexity index is 1350. The van der Waals surface area contributed by atoms with Gasteiger partial charge in [0.05, 0.1) is 29.6 Å². The number of thiazole rings is 1. The molecule has 3 aliphatic heterocycles. The van der Waals surface area contributed by atoms with Crippen molar-refractivity contribution in [3.63, 3.8) is 0 Å². The van der Waals surface area contributed by atoms with Crippen LogP contribution in [0.5, 0.6) is 0 Å². The number of morpholine rings is 1. The summed E-state index contributed by atoms with van der Waals surface area (Å²) in [5.74, 6) is 1.08. The maximum atomic E-state index is 13.5. The van der Waals surface area contributed by atoms with Gasteiger partial charge in [-0.25, -0.2) is 14.8 Å². The number of fused-ring (bicyclic) bond motifs is 1. The number of carbonyl (C=O) groups is 2. The molecule has 6 rings (SSSR count). The van der Waals surface area contributed by atoms with E-state index in [1.807, 2.05) is 17.0 Å². The normalized spacial score (nSPS) is 19.9. The van der Waals surface area contributed by atoms with Crippen LogP contribution in [0.3, 0.4) is 0 Å². The summed E-state index contributed by atoms with van der Waals surface area (Å²) in [7, 11) is 0. The van der Waals surface area contributed by atoms with Crippen LogP contribution >= 0.6 is 11.3 Å².